The summed E-state index contributed by atoms with van der Waals surface area (Å²) < 4.78 is 0. The van der Waals surface area contributed by atoms with Gasteiger partial charge in [0.05, 0.1) is 11.6 Å². The van der Waals surface area contributed by atoms with Gasteiger partial charge >= 0.3 is 0 Å². The molecule has 0 spiro atoms. The number of fused-ring (bicyclic) bond motifs is 1. The van der Waals surface area contributed by atoms with Crippen molar-refractivity contribution in [1.82, 2.24) is 25.1 Å². The van der Waals surface area contributed by atoms with Gasteiger partial charge in [0, 0.05) is 12.6 Å². The molecule has 3 rings (SSSR count). The Bertz CT molecular complexity index is 607. The van der Waals surface area contributed by atoms with E-state index in [1.807, 2.05) is 18.7 Å². The van der Waals surface area contributed by atoms with Gasteiger partial charge in [-0.15, -0.1) is 0 Å². The normalized spacial score (nSPS) is 19.6. The van der Waals surface area contributed by atoms with Crippen LogP contribution in [0.25, 0.3) is 11.0 Å². The third-order valence-corrected chi connectivity index (χ3v) is 3.42. The Morgan fingerprint density at radius 1 is 1.47 bits per heavy atom. The molecule has 1 aliphatic rings. The average molecular weight is 260 g/mol. The molecule has 3 heterocycles. The maximum Gasteiger partial charge on any atom is 0.245 e. The first-order valence-electron chi connectivity index (χ1n) is 6.38. The quantitative estimate of drug-likeness (QED) is 0.851. The van der Waals surface area contributed by atoms with Crippen LogP contribution in [0.1, 0.15) is 20.3 Å². The van der Waals surface area contributed by atoms with Crippen molar-refractivity contribution in [3.63, 3.8) is 0 Å². The van der Waals surface area contributed by atoms with Crippen molar-refractivity contribution >= 4 is 22.8 Å². The molecule has 1 unspecified atom stereocenters. The Morgan fingerprint density at radius 2 is 2.32 bits per heavy atom. The van der Waals surface area contributed by atoms with Gasteiger partial charge in [-0.2, -0.15) is 5.10 Å². The minimum Gasteiger partial charge on any atom is -0.358 e. The number of hydrogen-bond donors (Lipinski definition) is 2. The van der Waals surface area contributed by atoms with Gasteiger partial charge in [-0.3, -0.25) is 9.89 Å². The molecule has 2 aromatic rings. The lowest BCUT2D eigenvalue weighted by molar-refractivity contribution is -0.129. The molecule has 1 fully saturated rings. The number of H-pyrrole nitrogens is 1. The topological polar surface area (TPSA) is 86.8 Å². The fourth-order valence-electron chi connectivity index (χ4n) is 2.39. The number of aromatic nitrogens is 4. The predicted octanol–water partition coefficient (Wildman–Crippen LogP) is 0.774. The van der Waals surface area contributed by atoms with Gasteiger partial charge in [-0.1, -0.05) is 0 Å². The van der Waals surface area contributed by atoms with Gasteiger partial charge in [-0.25, -0.2) is 9.97 Å². The summed E-state index contributed by atoms with van der Waals surface area (Å²) in [6.45, 7) is 4.84. The van der Waals surface area contributed by atoms with Gasteiger partial charge in [-0.05, 0) is 20.3 Å². The second kappa shape index (κ2) is 4.49. The van der Waals surface area contributed by atoms with Crippen LogP contribution in [0, 0.1) is 0 Å². The molecule has 7 heteroatoms. The molecule has 2 aromatic heterocycles. The Hall–Kier alpha value is -2.18. The molecule has 0 radical (unpaired) electrons. The highest BCUT2D eigenvalue weighted by atomic mass is 16.2. The molecule has 0 saturated carbocycles. The zero-order valence-corrected chi connectivity index (χ0v) is 10.9. The lowest BCUT2D eigenvalue weighted by Gasteiger charge is -2.21. The van der Waals surface area contributed by atoms with Crippen LogP contribution in [-0.2, 0) is 4.79 Å². The van der Waals surface area contributed by atoms with Gasteiger partial charge in [0.25, 0.3) is 0 Å². The van der Waals surface area contributed by atoms with Crippen molar-refractivity contribution in [2.24, 2.45) is 0 Å². The Kier molecular flexibility index (Phi) is 2.81. The van der Waals surface area contributed by atoms with E-state index in [0.29, 0.717) is 11.5 Å². The number of amides is 1. The average Bonchev–Trinajstić information content (AvgIpc) is 2.97. The summed E-state index contributed by atoms with van der Waals surface area (Å²) in [5.74, 6) is 0.785. The van der Waals surface area contributed by atoms with E-state index in [4.69, 9.17) is 0 Å². The standard InChI is InChI=1S/C12H16N6O/c1-7(2)18-4-3-9(12(18)19)16-10-8-5-15-17-11(8)14-6-13-10/h5-7,9H,3-4H2,1-2H3,(H2,13,14,15,16,17). The lowest BCUT2D eigenvalue weighted by atomic mass is 10.2. The zero-order valence-electron chi connectivity index (χ0n) is 10.9. The lowest BCUT2D eigenvalue weighted by Crippen LogP contribution is -2.37. The maximum atomic E-state index is 12.2. The van der Waals surface area contributed by atoms with Crippen LogP contribution in [0.4, 0.5) is 5.82 Å². The summed E-state index contributed by atoms with van der Waals surface area (Å²) >= 11 is 0. The number of rotatable bonds is 3. The molecule has 0 aromatic carbocycles. The van der Waals surface area contributed by atoms with E-state index in [-0.39, 0.29) is 18.0 Å². The molecule has 1 saturated heterocycles. The first-order chi connectivity index (χ1) is 9.16. The van der Waals surface area contributed by atoms with E-state index in [2.05, 4.69) is 25.5 Å². The van der Waals surface area contributed by atoms with Crippen LogP contribution in [0.2, 0.25) is 0 Å². The van der Waals surface area contributed by atoms with E-state index in [0.717, 1.165) is 18.4 Å². The predicted molar refractivity (Wildman–Crippen MR) is 70.6 cm³/mol. The number of hydrogen-bond acceptors (Lipinski definition) is 5. The molecular formula is C12H16N6O. The zero-order chi connectivity index (χ0) is 13.4. The van der Waals surface area contributed by atoms with Crippen LogP contribution in [0.5, 0.6) is 0 Å². The molecule has 19 heavy (non-hydrogen) atoms. The third kappa shape index (κ3) is 2.00. The van der Waals surface area contributed by atoms with Crippen molar-refractivity contribution in [3.05, 3.63) is 12.5 Å². The molecular weight excluding hydrogens is 244 g/mol. The Balaban J connectivity index is 1.83. The molecule has 0 bridgehead atoms. The van der Waals surface area contributed by atoms with Crippen molar-refractivity contribution < 1.29 is 4.79 Å². The number of nitrogens with one attached hydrogen (secondary N) is 2. The van der Waals surface area contributed by atoms with Gasteiger partial charge in [0.15, 0.2) is 5.65 Å². The number of anilines is 1. The monoisotopic (exact) mass is 260 g/mol. The van der Waals surface area contributed by atoms with Crippen molar-refractivity contribution in [2.75, 3.05) is 11.9 Å². The molecule has 7 nitrogen and oxygen atoms in total. The first-order valence-corrected chi connectivity index (χ1v) is 6.38. The molecule has 1 amide bonds. The first kappa shape index (κ1) is 11.9. The summed E-state index contributed by atoms with van der Waals surface area (Å²) in [4.78, 5) is 22.4. The highest BCUT2D eigenvalue weighted by Crippen LogP contribution is 2.21. The van der Waals surface area contributed by atoms with Gasteiger partial charge < -0.3 is 10.2 Å². The van der Waals surface area contributed by atoms with E-state index in [9.17, 15) is 4.79 Å². The van der Waals surface area contributed by atoms with E-state index < -0.39 is 0 Å². The largest absolute Gasteiger partial charge is 0.358 e. The number of carbonyl (C=O) groups excluding carboxylic acids is 1. The molecule has 0 aliphatic carbocycles. The van der Waals surface area contributed by atoms with Crippen LogP contribution in [0.3, 0.4) is 0 Å². The molecule has 100 valence electrons. The fraction of sp³-hybridized carbons (Fsp3) is 0.500. The van der Waals surface area contributed by atoms with Crippen LogP contribution in [-0.4, -0.2) is 49.6 Å². The van der Waals surface area contributed by atoms with Gasteiger partial charge in [0.1, 0.15) is 18.2 Å². The van der Waals surface area contributed by atoms with E-state index >= 15 is 0 Å². The molecule has 1 atom stereocenters. The smallest absolute Gasteiger partial charge is 0.245 e. The minimum atomic E-state index is -0.213. The fourth-order valence-corrected chi connectivity index (χ4v) is 2.39. The van der Waals surface area contributed by atoms with Crippen LogP contribution >= 0.6 is 0 Å². The third-order valence-electron chi connectivity index (χ3n) is 3.42. The number of likely N-dealkylation sites (tertiary alicyclic amines) is 1. The van der Waals surface area contributed by atoms with E-state index in [1.165, 1.54) is 6.33 Å². The number of carbonyl (C=O) groups is 1. The second-order valence-corrected chi connectivity index (χ2v) is 4.97. The SMILES string of the molecule is CC(C)N1CCC(Nc2ncnc3[nH]ncc23)C1=O. The summed E-state index contributed by atoms with van der Waals surface area (Å²) in [5.41, 5.74) is 0.670. The highest BCUT2D eigenvalue weighted by Gasteiger charge is 2.33. The molecule has 1 aliphatic heterocycles. The van der Waals surface area contributed by atoms with Crippen LogP contribution in [0.15, 0.2) is 12.5 Å². The highest BCUT2D eigenvalue weighted by molar-refractivity contribution is 5.91. The number of aromatic amines is 1. The molecule has 2 N–H and O–H groups in total. The van der Waals surface area contributed by atoms with Crippen molar-refractivity contribution in [1.29, 1.82) is 0 Å². The van der Waals surface area contributed by atoms with Gasteiger partial charge in [0.2, 0.25) is 5.91 Å². The minimum absolute atomic E-state index is 0.130. The van der Waals surface area contributed by atoms with Crippen molar-refractivity contribution in [2.45, 2.75) is 32.4 Å². The number of nitrogens with zero attached hydrogens (tertiary/aromatic N) is 4. The summed E-state index contributed by atoms with van der Waals surface area (Å²) in [6.07, 6.45) is 3.92. The Morgan fingerprint density at radius 3 is 3.05 bits per heavy atom. The maximum absolute atomic E-state index is 12.2. The summed E-state index contributed by atoms with van der Waals surface area (Å²) in [6, 6.07) is 0.0223. The summed E-state index contributed by atoms with van der Waals surface area (Å²) in [5, 5.41) is 10.7. The van der Waals surface area contributed by atoms with E-state index in [1.54, 1.807) is 6.20 Å². The van der Waals surface area contributed by atoms with Crippen molar-refractivity contribution in [3.8, 4) is 0 Å². The van der Waals surface area contributed by atoms with Crippen LogP contribution < -0.4 is 5.32 Å². The second-order valence-electron chi connectivity index (χ2n) is 4.97. The summed E-state index contributed by atoms with van der Waals surface area (Å²) in [7, 11) is 0. The Labute approximate surface area is 110 Å².